The maximum absolute atomic E-state index is 12.6. The van der Waals surface area contributed by atoms with Gasteiger partial charge in [-0.3, -0.25) is 14.4 Å². The molecular formula is C45H80O6. The zero-order valence-corrected chi connectivity index (χ0v) is 33.6. The Morgan fingerprint density at radius 2 is 0.725 bits per heavy atom. The van der Waals surface area contributed by atoms with Crippen molar-refractivity contribution in [3.63, 3.8) is 0 Å². The highest BCUT2D eigenvalue weighted by atomic mass is 16.6. The van der Waals surface area contributed by atoms with Crippen molar-refractivity contribution in [2.24, 2.45) is 0 Å². The minimum atomic E-state index is -0.784. The van der Waals surface area contributed by atoms with Gasteiger partial charge in [-0.15, -0.1) is 0 Å². The Bertz CT molecular complexity index is 876. The zero-order valence-electron chi connectivity index (χ0n) is 33.6. The molecule has 6 heteroatoms. The summed E-state index contributed by atoms with van der Waals surface area (Å²) in [5.74, 6) is -0.939. The van der Waals surface area contributed by atoms with Crippen molar-refractivity contribution in [1.82, 2.24) is 0 Å². The van der Waals surface area contributed by atoms with Gasteiger partial charge < -0.3 is 14.2 Å². The van der Waals surface area contributed by atoms with Crippen LogP contribution in [0.25, 0.3) is 0 Å². The van der Waals surface area contributed by atoms with Crippen LogP contribution in [0.1, 0.15) is 213 Å². The number of hydrogen-bond acceptors (Lipinski definition) is 6. The Hall–Kier alpha value is -2.37. The van der Waals surface area contributed by atoms with Gasteiger partial charge in [0, 0.05) is 19.3 Å². The van der Waals surface area contributed by atoms with Crippen LogP contribution in [-0.4, -0.2) is 37.2 Å². The molecule has 0 aromatic heterocycles. The minimum Gasteiger partial charge on any atom is -0.462 e. The highest BCUT2D eigenvalue weighted by molar-refractivity contribution is 5.71. The third kappa shape index (κ3) is 38.7. The molecule has 0 aliphatic rings. The van der Waals surface area contributed by atoms with Crippen molar-refractivity contribution < 1.29 is 28.6 Å². The molecule has 0 fully saturated rings. The number of hydrogen-bond donors (Lipinski definition) is 0. The predicted molar refractivity (Wildman–Crippen MR) is 215 cm³/mol. The lowest BCUT2D eigenvalue weighted by Gasteiger charge is -2.18. The average Bonchev–Trinajstić information content (AvgIpc) is 3.12. The number of ether oxygens (including phenoxy) is 3. The van der Waals surface area contributed by atoms with Crippen molar-refractivity contribution in [3.8, 4) is 0 Å². The van der Waals surface area contributed by atoms with Gasteiger partial charge in [-0.1, -0.05) is 166 Å². The molecule has 0 aromatic carbocycles. The maximum Gasteiger partial charge on any atom is 0.306 e. The SMILES string of the molecule is CCCCC/C=C\C=C/CCCCCCCCC(=O)OCC(COC(=O)CCCCCCCCCCC)OC(=O)CCC/C=C\CCCCCC. The van der Waals surface area contributed by atoms with Gasteiger partial charge in [0.2, 0.25) is 0 Å². The Kier molecular flexibility index (Phi) is 38.5. The topological polar surface area (TPSA) is 78.9 Å². The lowest BCUT2D eigenvalue weighted by Crippen LogP contribution is -2.30. The largest absolute Gasteiger partial charge is 0.462 e. The first-order valence-electron chi connectivity index (χ1n) is 21.5. The van der Waals surface area contributed by atoms with E-state index in [1.165, 1.54) is 109 Å². The molecule has 0 aliphatic carbocycles. The second-order valence-electron chi connectivity index (χ2n) is 14.3. The first-order valence-corrected chi connectivity index (χ1v) is 21.5. The summed E-state index contributed by atoms with van der Waals surface area (Å²) in [6.45, 7) is 6.50. The molecule has 0 aliphatic heterocycles. The summed E-state index contributed by atoms with van der Waals surface area (Å²) < 4.78 is 16.6. The fourth-order valence-electron chi connectivity index (χ4n) is 5.85. The van der Waals surface area contributed by atoms with Crippen LogP contribution in [-0.2, 0) is 28.6 Å². The number of carbonyl (C=O) groups excluding carboxylic acids is 3. The van der Waals surface area contributed by atoms with E-state index in [0.29, 0.717) is 19.3 Å². The predicted octanol–water partition coefficient (Wildman–Crippen LogP) is 13.4. The first kappa shape index (κ1) is 48.6. The molecule has 6 nitrogen and oxygen atoms in total. The quantitative estimate of drug-likeness (QED) is 0.0208. The molecule has 0 saturated heterocycles. The monoisotopic (exact) mass is 717 g/mol. The van der Waals surface area contributed by atoms with Gasteiger partial charge in [-0.25, -0.2) is 0 Å². The van der Waals surface area contributed by atoms with Crippen molar-refractivity contribution in [1.29, 1.82) is 0 Å². The molecule has 0 saturated carbocycles. The maximum atomic E-state index is 12.6. The standard InChI is InChI=1S/C45H80O6/c1-4-7-10-13-16-19-20-21-22-23-24-27-29-32-35-38-44(47)50-41-42(51-45(48)39-36-33-30-26-18-15-12-9-6-3)40-49-43(46)37-34-31-28-25-17-14-11-8-5-2/h16,19-21,26,30,42H,4-15,17-18,22-25,27-29,31-41H2,1-3H3/b19-16-,21-20-,30-26-. The van der Waals surface area contributed by atoms with Gasteiger partial charge >= 0.3 is 17.9 Å². The fraction of sp³-hybridized carbons (Fsp3) is 0.800. The highest BCUT2D eigenvalue weighted by Crippen LogP contribution is 2.13. The molecule has 0 spiro atoms. The molecule has 1 atom stereocenters. The summed E-state index contributed by atoms with van der Waals surface area (Å²) in [7, 11) is 0. The van der Waals surface area contributed by atoms with E-state index in [9.17, 15) is 14.4 Å². The van der Waals surface area contributed by atoms with Crippen molar-refractivity contribution >= 4 is 17.9 Å². The normalized spacial score (nSPS) is 12.3. The lowest BCUT2D eigenvalue weighted by molar-refractivity contribution is -0.167. The highest BCUT2D eigenvalue weighted by Gasteiger charge is 2.19. The van der Waals surface area contributed by atoms with Gasteiger partial charge in [-0.05, 0) is 64.2 Å². The third-order valence-electron chi connectivity index (χ3n) is 9.15. The molecule has 0 amide bonds. The molecule has 296 valence electrons. The van der Waals surface area contributed by atoms with Gasteiger partial charge in [0.05, 0.1) is 0 Å². The first-order chi connectivity index (χ1) is 25.0. The van der Waals surface area contributed by atoms with Crippen molar-refractivity contribution in [3.05, 3.63) is 36.5 Å². The molecule has 1 unspecified atom stereocenters. The van der Waals surface area contributed by atoms with Crippen molar-refractivity contribution in [2.75, 3.05) is 13.2 Å². The molecule has 0 rings (SSSR count). The van der Waals surface area contributed by atoms with E-state index in [-0.39, 0.29) is 37.5 Å². The Labute approximate surface area is 315 Å². The summed E-state index contributed by atoms with van der Waals surface area (Å²) in [6.07, 6.45) is 44.2. The number of allylic oxidation sites excluding steroid dienone is 6. The minimum absolute atomic E-state index is 0.0859. The van der Waals surface area contributed by atoms with E-state index in [1.807, 2.05) is 0 Å². The average molecular weight is 717 g/mol. The van der Waals surface area contributed by atoms with Crippen LogP contribution in [0.2, 0.25) is 0 Å². The summed E-state index contributed by atoms with van der Waals surface area (Å²) in [5.41, 5.74) is 0. The van der Waals surface area contributed by atoms with Crippen LogP contribution >= 0.6 is 0 Å². The van der Waals surface area contributed by atoms with E-state index >= 15 is 0 Å². The molecule has 0 heterocycles. The van der Waals surface area contributed by atoms with Crippen LogP contribution in [0.5, 0.6) is 0 Å². The Morgan fingerprint density at radius 3 is 1.22 bits per heavy atom. The summed E-state index contributed by atoms with van der Waals surface area (Å²) in [6, 6.07) is 0. The Balaban J connectivity index is 4.36. The fourth-order valence-corrected chi connectivity index (χ4v) is 5.85. The number of unbranched alkanes of at least 4 members (excludes halogenated alkanes) is 22. The van der Waals surface area contributed by atoms with Crippen molar-refractivity contribution in [2.45, 2.75) is 219 Å². The van der Waals surface area contributed by atoms with E-state index in [2.05, 4.69) is 57.2 Å². The number of esters is 3. The van der Waals surface area contributed by atoms with Crippen LogP contribution in [0.4, 0.5) is 0 Å². The van der Waals surface area contributed by atoms with Crippen LogP contribution < -0.4 is 0 Å². The second-order valence-corrected chi connectivity index (χ2v) is 14.3. The van der Waals surface area contributed by atoms with Crippen LogP contribution in [0.3, 0.4) is 0 Å². The number of carbonyl (C=O) groups is 3. The molecular weight excluding hydrogens is 636 g/mol. The smallest absolute Gasteiger partial charge is 0.306 e. The molecule has 0 N–H and O–H groups in total. The summed E-state index contributed by atoms with van der Waals surface area (Å²) in [5, 5.41) is 0. The van der Waals surface area contributed by atoms with Gasteiger partial charge in [0.25, 0.3) is 0 Å². The Morgan fingerprint density at radius 1 is 0.392 bits per heavy atom. The van der Waals surface area contributed by atoms with Crippen LogP contribution in [0, 0.1) is 0 Å². The third-order valence-corrected chi connectivity index (χ3v) is 9.15. The van der Waals surface area contributed by atoms with Gasteiger partial charge in [0.1, 0.15) is 13.2 Å². The molecule has 0 radical (unpaired) electrons. The van der Waals surface area contributed by atoms with E-state index < -0.39 is 6.10 Å². The lowest BCUT2D eigenvalue weighted by atomic mass is 10.1. The van der Waals surface area contributed by atoms with E-state index in [0.717, 1.165) is 57.8 Å². The summed E-state index contributed by atoms with van der Waals surface area (Å²) >= 11 is 0. The van der Waals surface area contributed by atoms with E-state index in [1.54, 1.807) is 0 Å². The zero-order chi connectivity index (χ0) is 37.3. The molecule has 51 heavy (non-hydrogen) atoms. The number of rotatable bonds is 38. The molecule has 0 bridgehead atoms. The van der Waals surface area contributed by atoms with Gasteiger partial charge in [-0.2, -0.15) is 0 Å². The second kappa shape index (κ2) is 40.4. The van der Waals surface area contributed by atoms with E-state index in [4.69, 9.17) is 14.2 Å². The summed E-state index contributed by atoms with van der Waals surface area (Å²) in [4.78, 5) is 37.5. The van der Waals surface area contributed by atoms with Crippen LogP contribution in [0.15, 0.2) is 36.5 Å². The van der Waals surface area contributed by atoms with Gasteiger partial charge in [0.15, 0.2) is 6.10 Å². The molecule has 0 aromatic rings.